The normalized spacial score (nSPS) is 13.7. The number of carbonyl (C=O) groups is 1. The zero-order chi connectivity index (χ0) is 21.5. The van der Waals surface area contributed by atoms with E-state index in [0.29, 0.717) is 11.3 Å². The first kappa shape index (κ1) is 19.7. The van der Waals surface area contributed by atoms with Gasteiger partial charge in [0.15, 0.2) is 0 Å². The molecule has 1 amide bonds. The van der Waals surface area contributed by atoms with Gasteiger partial charge in [-0.05, 0) is 37.5 Å². The number of furan rings is 1. The summed E-state index contributed by atoms with van der Waals surface area (Å²) in [5.41, 5.74) is 0.875. The first-order chi connectivity index (χ1) is 14.2. The van der Waals surface area contributed by atoms with E-state index in [0.717, 1.165) is 60.6 Å². The van der Waals surface area contributed by atoms with Crippen LogP contribution in [0.2, 0.25) is 0 Å². The van der Waals surface area contributed by atoms with Crippen LogP contribution in [0.15, 0.2) is 40.8 Å². The van der Waals surface area contributed by atoms with Gasteiger partial charge >= 0.3 is 12.1 Å². The van der Waals surface area contributed by atoms with Crippen molar-refractivity contribution >= 4 is 28.3 Å². The topological polar surface area (TPSA) is 94.6 Å². The molecular weight excluding hydrogens is 405 g/mol. The number of amides is 1. The quantitative estimate of drug-likeness (QED) is 0.443. The number of nitrogens with one attached hydrogen (secondary N) is 1. The van der Waals surface area contributed by atoms with Gasteiger partial charge in [-0.3, -0.25) is 14.9 Å². The Morgan fingerprint density at radius 1 is 1.10 bits per heavy atom. The first-order valence-electron chi connectivity index (χ1n) is 9.10. The molecule has 0 fully saturated rings. The van der Waals surface area contributed by atoms with Gasteiger partial charge in [0.05, 0.1) is 16.7 Å². The van der Waals surface area contributed by atoms with Crippen LogP contribution in [0, 0.1) is 10.1 Å². The van der Waals surface area contributed by atoms with Crippen molar-refractivity contribution in [3.05, 3.63) is 57.8 Å². The number of alkyl halides is 3. The molecule has 7 nitrogen and oxygen atoms in total. The molecule has 0 aliphatic heterocycles. The molecule has 1 aliphatic carbocycles. The SMILES string of the molecule is O=C(Nc1cc(Oc2ccc3oc4c(c3c2)CCCC4)cc([N+](=O)[O-])c1)C(F)(F)F. The minimum absolute atomic E-state index is 0.0848. The minimum Gasteiger partial charge on any atom is -0.461 e. The summed E-state index contributed by atoms with van der Waals surface area (Å²) in [5, 5.41) is 13.6. The Balaban J connectivity index is 1.66. The average Bonchev–Trinajstić information content (AvgIpc) is 3.05. The van der Waals surface area contributed by atoms with Crippen LogP contribution >= 0.6 is 0 Å². The standard InChI is InChI=1S/C20H15F3N2O5/c21-20(22,23)19(26)24-11-7-12(25(27)28)9-14(8-11)29-13-5-6-18-16(10-13)15-3-1-2-4-17(15)30-18/h5-10H,1-4H2,(H,24,26). The second-order valence-electron chi connectivity index (χ2n) is 6.90. The number of nitrogens with zero attached hydrogens (tertiary/aromatic N) is 1. The Bertz CT molecular complexity index is 1150. The van der Waals surface area contributed by atoms with Crippen molar-refractivity contribution < 1.29 is 32.0 Å². The Morgan fingerprint density at radius 3 is 2.60 bits per heavy atom. The maximum Gasteiger partial charge on any atom is 0.471 e. The number of rotatable bonds is 4. The van der Waals surface area contributed by atoms with E-state index in [1.807, 2.05) is 0 Å². The highest BCUT2D eigenvalue weighted by atomic mass is 19.4. The molecule has 3 aromatic rings. The average molecular weight is 420 g/mol. The number of nitro benzene ring substituents is 1. The number of ether oxygens (including phenoxy) is 1. The maximum atomic E-state index is 12.5. The fraction of sp³-hybridized carbons (Fsp3) is 0.250. The lowest BCUT2D eigenvalue weighted by Gasteiger charge is -2.11. The van der Waals surface area contributed by atoms with Crippen LogP contribution in [0.25, 0.3) is 11.0 Å². The third-order valence-electron chi connectivity index (χ3n) is 4.78. The van der Waals surface area contributed by atoms with Gasteiger partial charge < -0.3 is 14.5 Å². The second kappa shape index (κ2) is 7.36. The van der Waals surface area contributed by atoms with Gasteiger partial charge in [0.25, 0.3) is 5.69 Å². The molecule has 2 aromatic carbocycles. The van der Waals surface area contributed by atoms with Gasteiger partial charge in [0.2, 0.25) is 0 Å². The zero-order valence-corrected chi connectivity index (χ0v) is 15.4. The lowest BCUT2D eigenvalue weighted by Crippen LogP contribution is -2.29. The van der Waals surface area contributed by atoms with Crippen LogP contribution < -0.4 is 10.1 Å². The fourth-order valence-corrected chi connectivity index (χ4v) is 3.46. The summed E-state index contributed by atoms with van der Waals surface area (Å²) in [6.07, 6.45) is -1.31. The van der Waals surface area contributed by atoms with Crippen LogP contribution in [0.5, 0.6) is 11.5 Å². The first-order valence-corrected chi connectivity index (χ1v) is 9.10. The Labute approximate surface area is 167 Å². The number of anilines is 1. The van der Waals surface area contributed by atoms with E-state index in [2.05, 4.69) is 0 Å². The molecule has 30 heavy (non-hydrogen) atoms. The molecule has 0 atom stereocenters. The molecule has 1 heterocycles. The Hall–Kier alpha value is -3.56. The van der Waals surface area contributed by atoms with Crippen molar-refractivity contribution in [2.45, 2.75) is 31.9 Å². The van der Waals surface area contributed by atoms with E-state index in [-0.39, 0.29) is 5.75 Å². The maximum absolute atomic E-state index is 12.5. The van der Waals surface area contributed by atoms with E-state index >= 15 is 0 Å². The molecule has 1 N–H and O–H groups in total. The summed E-state index contributed by atoms with van der Waals surface area (Å²) in [7, 11) is 0. The molecule has 4 rings (SSSR count). The Morgan fingerprint density at radius 2 is 1.87 bits per heavy atom. The third kappa shape index (κ3) is 3.93. The molecule has 156 valence electrons. The predicted octanol–water partition coefficient (Wildman–Crippen LogP) is 5.51. The smallest absolute Gasteiger partial charge is 0.461 e. The molecule has 0 radical (unpaired) electrons. The highest BCUT2D eigenvalue weighted by Crippen LogP contribution is 2.36. The van der Waals surface area contributed by atoms with Gasteiger partial charge in [-0.2, -0.15) is 13.2 Å². The number of fused-ring (bicyclic) bond motifs is 3. The number of halogens is 3. The van der Waals surface area contributed by atoms with Crippen molar-refractivity contribution in [3.63, 3.8) is 0 Å². The van der Waals surface area contributed by atoms with E-state index in [1.165, 1.54) is 0 Å². The van der Waals surface area contributed by atoms with Gasteiger partial charge in [-0.25, -0.2) is 0 Å². The summed E-state index contributed by atoms with van der Waals surface area (Å²) < 4.78 is 49.0. The van der Waals surface area contributed by atoms with Crippen LogP contribution in [0.4, 0.5) is 24.5 Å². The molecule has 0 unspecified atom stereocenters. The van der Waals surface area contributed by atoms with Crippen LogP contribution in [-0.2, 0) is 17.6 Å². The highest BCUT2D eigenvalue weighted by Gasteiger charge is 2.39. The number of hydrogen-bond acceptors (Lipinski definition) is 5. The summed E-state index contributed by atoms with van der Waals surface area (Å²) in [6, 6.07) is 8.03. The van der Waals surface area contributed by atoms with E-state index in [9.17, 15) is 28.1 Å². The van der Waals surface area contributed by atoms with Crippen molar-refractivity contribution in [2.75, 3.05) is 5.32 Å². The number of nitro groups is 1. The van der Waals surface area contributed by atoms with E-state index < -0.39 is 28.4 Å². The molecule has 10 heteroatoms. The van der Waals surface area contributed by atoms with Gasteiger partial charge in [-0.1, -0.05) is 0 Å². The highest BCUT2D eigenvalue weighted by molar-refractivity contribution is 5.95. The van der Waals surface area contributed by atoms with Gasteiger partial charge in [0, 0.05) is 29.5 Å². The van der Waals surface area contributed by atoms with Gasteiger partial charge in [0.1, 0.15) is 22.8 Å². The van der Waals surface area contributed by atoms with Gasteiger partial charge in [-0.15, -0.1) is 0 Å². The number of hydrogen-bond donors (Lipinski definition) is 1. The number of non-ortho nitro benzene ring substituents is 1. The lowest BCUT2D eigenvalue weighted by atomic mass is 9.96. The largest absolute Gasteiger partial charge is 0.471 e. The van der Waals surface area contributed by atoms with E-state index in [4.69, 9.17) is 9.15 Å². The van der Waals surface area contributed by atoms with Crippen LogP contribution in [0.1, 0.15) is 24.2 Å². The summed E-state index contributed by atoms with van der Waals surface area (Å²) in [4.78, 5) is 21.5. The number of aryl methyl sites for hydroxylation is 2. The summed E-state index contributed by atoms with van der Waals surface area (Å²) in [6.45, 7) is 0. The summed E-state index contributed by atoms with van der Waals surface area (Å²) in [5.74, 6) is -1.05. The Kier molecular flexibility index (Phi) is 4.84. The molecule has 1 aliphatic rings. The molecule has 0 saturated carbocycles. The molecule has 1 aromatic heterocycles. The summed E-state index contributed by atoms with van der Waals surface area (Å²) >= 11 is 0. The van der Waals surface area contributed by atoms with E-state index in [1.54, 1.807) is 23.5 Å². The predicted molar refractivity (Wildman–Crippen MR) is 101 cm³/mol. The number of benzene rings is 2. The van der Waals surface area contributed by atoms with Crippen molar-refractivity contribution in [2.24, 2.45) is 0 Å². The monoisotopic (exact) mass is 420 g/mol. The zero-order valence-electron chi connectivity index (χ0n) is 15.4. The van der Waals surface area contributed by atoms with Crippen molar-refractivity contribution in [1.29, 1.82) is 0 Å². The van der Waals surface area contributed by atoms with Crippen LogP contribution in [-0.4, -0.2) is 17.0 Å². The minimum atomic E-state index is -5.13. The molecule has 0 saturated heterocycles. The molecule has 0 bridgehead atoms. The second-order valence-corrected chi connectivity index (χ2v) is 6.90. The third-order valence-corrected chi connectivity index (χ3v) is 4.78. The number of carbonyl (C=O) groups excluding carboxylic acids is 1. The molecular formula is C20H15F3N2O5. The molecule has 0 spiro atoms. The van der Waals surface area contributed by atoms with Crippen molar-refractivity contribution in [3.8, 4) is 11.5 Å². The lowest BCUT2D eigenvalue weighted by molar-refractivity contribution is -0.384. The van der Waals surface area contributed by atoms with Crippen LogP contribution in [0.3, 0.4) is 0 Å². The van der Waals surface area contributed by atoms with Crippen molar-refractivity contribution in [1.82, 2.24) is 0 Å². The fourth-order valence-electron chi connectivity index (χ4n) is 3.46.